The van der Waals surface area contributed by atoms with Crippen LogP contribution in [0.2, 0.25) is 0 Å². The van der Waals surface area contributed by atoms with Gasteiger partial charge in [0.25, 0.3) is 5.91 Å². The van der Waals surface area contributed by atoms with Crippen molar-refractivity contribution in [3.63, 3.8) is 0 Å². The Hall–Kier alpha value is -1.79. The van der Waals surface area contributed by atoms with Crippen molar-refractivity contribution in [3.05, 3.63) is 51.7 Å². The number of halogens is 1. The number of aromatic nitrogens is 1. The third-order valence-corrected chi connectivity index (χ3v) is 5.20. The van der Waals surface area contributed by atoms with E-state index < -0.39 is 0 Å². The van der Waals surface area contributed by atoms with Gasteiger partial charge in [0.05, 0.1) is 11.2 Å². The molecule has 0 radical (unpaired) electrons. The van der Waals surface area contributed by atoms with E-state index in [1.807, 2.05) is 11.8 Å². The van der Waals surface area contributed by atoms with Gasteiger partial charge in [-0.15, -0.1) is 11.3 Å². The van der Waals surface area contributed by atoms with Gasteiger partial charge in [-0.05, 0) is 37.5 Å². The highest BCUT2D eigenvalue weighted by molar-refractivity contribution is 7.13. The first-order valence-corrected chi connectivity index (χ1v) is 8.60. The predicted molar refractivity (Wildman–Crippen MR) is 89.0 cm³/mol. The van der Waals surface area contributed by atoms with E-state index in [0.29, 0.717) is 17.8 Å². The first kappa shape index (κ1) is 16.1. The summed E-state index contributed by atoms with van der Waals surface area (Å²) < 4.78 is 12.9. The maximum Gasteiger partial charge on any atom is 0.265 e. The maximum atomic E-state index is 12.9. The minimum absolute atomic E-state index is 0.0345. The number of thiazole rings is 1. The van der Waals surface area contributed by atoms with E-state index in [2.05, 4.69) is 4.98 Å². The Balaban J connectivity index is 1.68. The Bertz CT molecular complexity index is 685. The molecular weight excluding hydrogens is 313 g/mol. The van der Waals surface area contributed by atoms with Gasteiger partial charge in [0.15, 0.2) is 0 Å². The summed E-state index contributed by atoms with van der Waals surface area (Å²) in [6.07, 6.45) is 3.94. The van der Waals surface area contributed by atoms with Crippen molar-refractivity contribution in [2.24, 2.45) is 5.73 Å². The maximum absolute atomic E-state index is 12.9. The Labute approximate surface area is 139 Å². The molecule has 1 aliphatic heterocycles. The molecule has 0 unspecified atom stereocenters. The van der Waals surface area contributed by atoms with Crippen molar-refractivity contribution >= 4 is 17.2 Å². The molecule has 2 atom stereocenters. The van der Waals surface area contributed by atoms with Crippen LogP contribution in [-0.2, 0) is 6.42 Å². The van der Waals surface area contributed by atoms with Crippen LogP contribution in [0.5, 0.6) is 0 Å². The molecule has 0 aliphatic carbocycles. The SMILES string of the molecule is C[C@@H]1C[C@H](N)CCN1C(=O)c1cnc(Cc2ccc(F)cc2)s1. The lowest BCUT2D eigenvalue weighted by molar-refractivity contribution is 0.0624. The minimum atomic E-state index is -0.249. The van der Waals surface area contributed by atoms with Crippen molar-refractivity contribution in [2.75, 3.05) is 6.54 Å². The van der Waals surface area contributed by atoms with E-state index in [1.165, 1.54) is 23.5 Å². The van der Waals surface area contributed by atoms with Crippen LogP contribution in [-0.4, -0.2) is 34.4 Å². The van der Waals surface area contributed by atoms with Crippen LogP contribution in [0.1, 0.15) is 40.0 Å². The zero-order chi connectivity index (χ0) is 16.4. The van der Waals surface area contributed by atoms with Gasteiger partial charge in [-0.3, -0.25) is 4.79 Å². The van der Waals surface area contributed by atoms with E-state index in [-0.39, 0.29) is 23.8 Å². The molecule has 0 spiro atoms. The number of carbonyl (C=O) groups excluding carboxylic acids is 1. The van der Waals surface area contributed by atoms with Crippen LogP contribution in [0.15, 0.2) is 30.5 Å². The standard InChI is InChI=1S/C17H20FN3OS/c1-11-8-14(19)6-7-21(11)17(22)15-10-20-16(23-15)9-12-2-4-13(18)5-3-12/h2-5,10-11,14H,6-9,19H2,1H3/t11-,14-/m1/s1. The van der Waals surface area contributed by atoms with Gasteiger partial charge in [0.2, 0.25) is 0 Å². The molecule has 0 saturated carbocycles. The van der Waals surface area contributed by atoms with E-state index in [9.17, 15) is 9.18 Å². The van der Waals surface area contributed by atoms with Crippen LogP contribution in [0, 0.1) is 5.82 Å². The fourth-order valence-corrected chi connectivity index (χ4v) is 3.83. The number of carbonyl (C=O) groups is 1. The average Bonchev–Trinajstić information content (AvgIpc) is 2.97. The quantitative estimate of drug-likeness (QED) is 0.939. The number of hydrogen-bond donors (Lipinski definition) is 1. The summed E-state index contributed by atoms with van der Waals surface area (Å²) in [4.78, 5) is 19.5. The van der Waals surface area contributed by atoms with Crippen LogP contribution in [0.3, 0.4) is 0 Å². The second kappa shape index (κ2) is 6.76. The Kier molecular flexibility index (Phi) is 4.73. The topological polar surface area (TPSA) is 59.2 Å². The Morgan fingerprint density at radius 3 is 2.87 bits per heavy atom. The largest absolute Gasteiger partial charge is 0.335 e. The predicted octanol–water partition coefficient (Wildman–Crippen LogP) is 2.82. The number of hydrogen-bond acceptors (Lipinski definition) is 4. The van der Waals surface area contributed by atoms with E-state index in [1.54, 1.807) is 18.3 Å². The second-order valence-electron chi connectivity index (χ2n) is 6.05. The summed E-state index contributed by atoms with van der Waals surface area (Å²) in [7, 11) is 0. The molecule has 1 saturated heterocycles. The highest BCUT2D eigenvalue weighted by Crippen LogP contribution is 2.23. The summed E-state index contributed by atoms with van der Waals surface area (Å²) in [5, 5.41) is 0.862. The highest BCUT2D eigenvalue weighted by atomic mass is 32.1. The van der Waals surface area contributed by atoms with E-state index >= 15 is 0 Å². The van der Waals surface area contributed by atoms with Gasteiger partial charge in [0, 0.05) is 25.0 Å². The third-order valence-electron chi connectivity index (χ3n) is 4.21. The molecule has 2 aromatic rings. The fraction of sp³-hybridized carbons (Fsp3) is 0.412. The lowest BCUT2D eigenvalue weighted by Gasteiger charge is -2.36. The number of piperidine rings is 1. The molecule has 1 aliphatic rings. The van der Waals surface area contributed by atoms with Crippen molar-refractivity contribution in [1.82, 2.24) is 9.88 Å². The van der Waals surface area contributed by atoms with E-state index in [0.717, 1.165) is 23.4 Å². The minimum Gasteiger partial charge on any atom is -0.335 e. The lowest BCUT2D eigenvalue weighted by atomic mass is 9.99. The van der Waals surface area contributed by atoms with E-state index in [4.69, 9.17) is 5.73 Å². The normalized spacial score (nSPS) is 21.4. The summed E-state index contributed by atoms with van der Waals surface area (Å²) in [5.74, 6) is -0.215. The molecule has 4 nitrogen and oxygen atoms in total. The van der Waals surface area contributed by atoms with Crippen molar-refractivity contribution in [1.29, 1.82) is 0 Å². The molecule has 1 aromatic carbocycles. The molecule has 0 bridgehead atoms. The number of rotatable bonds is 3. The van der Waals surface area contributed by atoms with Gasteiger partial charge in [-0.1, -0.05) is 12.1 Å². The molecule has 122 valence electrons. The number of nitrogens with zero attached hydrogens (tertiary/aromatic N) is 2. The van der Waals surface area contributed by atoms with Gasteiger partial charge in [-0.2, -0.15) is 0 Å². The van der Waals surface area contributed by atoms with Crippen LogP contribution in [0.25, 0.3) is 0 Å². The summed E-state index contributed by atoms with van der Waals surface area (Å²) in [6.45, 7) is 2.74. The molecule has 23 heavy (non-hydrogen) atoms. The van der Waals surface area contributed by atoms with Gasteiger partial charge in [0.1, 0.15) is 10.7 Å². The monoisotopic (exact) mass is 333 g/mol. The number of nitrogens with two attached hydrogens (primary N) is 1. The molecule has 3 rings (SSSR count). The molecule has 1 aromatic heterocycles. The fourth-order valence-electron chi connectivity index (χ4n) is 2.92. The molecule has 1 amide bonds. The molecule has 2 N–H and O–H groups in total. The summed E-state index contributed by atoms with van der Waals surface area (Å²) >= 11 is 1.41. The first-order valence-electron chi connectivity index (χ1n) is 7.78. The lowest BCUT2D eigenvalue weighted by Crippen LogP contribution is -2.48. The number of benzene rings is 1. The summed E-state index contributed by atoms with van der Waals surface area (Å²) in [6, 6.07) is 6.71. The summed E-state index contributed by atoms with van der Waals surface area (Å²) in [5.41, 5.74) is 6.94. The highest BCUT2D eigenvalue weighted by Gasteiger charge is 2.28. The second-order valence-corrected chi connectivity index (χ2v) is 7.17. The van der Waals surface area contributed by atoms with Crippen LogP contribution < -0.4 is 5.73 Å². The molecular formula is C17H20FN3OS. The first-order chi connectivity index (χ1) is 11.0. The third kappa shape index (κ3) is 3.76. The molecule has 1 fully saturated rings. The molecule has 6 heteroatoms. The van der Waals surface area contributed by atoms with Crippen molar-refractivity contribution < 1.29 is 9.18 Å². The Morgan fingerprint density at radius 1 is 1.43 bits per heavy atom. The van der Waals surface area contributed by atoms with Crippen molar-refractivity contribution in [3.8, 4) is 0 Å². The smallest absolute Gasteiger partial charge is 0.265 e. The van der Waals surface area contributed by atoms with Crippen LogP contribution >= 0.6 is 11.3 Å². The number of likely N-dealkylation sites (tertiary alicyclic amines) is 1. The zero-order valence-electron chi connectivity index (χ0n) is 13.0. The zero-order valence-corrected chi connectivity index (χ0v) is 13.9. The van der Waals surface area contributed by atoms with Gasteiger partial charge < -0.3 is 10.6 Å². The van der Waals surface area contributed by atoms with Crippen molar-refractivity contribution in [2.45, 2.75) is 38.3 Å². The molecule has 2 heterocycles. The average molecular weight is 333 g/mol. The van der Waals surface area contributed by atoms with Gasteiger partial charge in [-0.25, -0.2) is 9.37 Å². The van der Waals surface area contributed by atoms with Crippen LogP contribution in [0.4, 0.5) is 4.39 Å². The Morgan fingerprint density at radius 2 is 2.17 bits per heavy atom. The number of amides is 1. The van der Waals surface area contributed by atoms with Gasteiger partial charge >= 0.3 is 0 Å².